The molecule has 4 nitrogen and oxygen atoms in total. The van der Waals surface area contributed by atoms with E-state index in [4.69, 9.17) is 4.74 Å². The van der Waals surface area contributed by atoms with Crippen molar-refractivity contribution < 1.29 is 47.8 Å². The third-order valence-electron chi connectivity index (χ3n) is 3.99. The molecule has 0 bridgehead atoms. The molecular weight excluding hydrogens is 295 g/mol. The molecule has 98 valence electrons. The second-order valence-electron chi connectivity index (χ2n) is 5.54. The molecule has 0 aliphatic carbocycles. The van der Waals surface area contributed by atoms with Gasteiger partial charge < -0.3 is 9.84 Å². The van der Waals surface area contributed by atoms with Gasteiger partial charge >= 0.3 is 0 Å². The first kappa shape index (κ1) is 17.9. The fourth-order valence-electron chi connectivity index (χ4n) is 2.97. The zero-order chi connectivity index (χ0) is 12.6. The molecule has 0 spiro atoms. The Hall–Kier alpha value is 0.944. The average molecular weight is 319 g/mol. The number of ether oxygens (including phenoxy) is 1. The van der Waals surface area contributed by atoms with Crippen LogP contribution < -0.4 is 0 Å². The molecule has 0 aromatic rings. The molecule has 1 aliphatic rings. The Morgan fingerprint density at radius 3 is 2.06 bits per heavy atom. The van der Waals surface area contributed by atoms with E-state index < -0.39 is 16.9 Å². The van der Waals surface area contributed by atoms with E-state index in [-0.39, 0.29) is 32.7 Å². The van der Waals surface area contributed by atoms with Crippen LogP contribution in [0.1, 0.15) is 53.4 Å². The van der Waals surface area contributed by atoms with Gasteiger partial charge in [-0.1, -0.05) is 13.8 Å². The Labute approximate surface area is 130 Å². The van der Waals surface area contributed by atoms with Crippen LogP contribution in [-0.2, 0) is 42.7 Å². The molecule has 5 heteroatoms. The molecule has 1 fully saturated rings. The summed E-state index contributed by atoms with van der Waals surface area (Å²) in [5.74, 6) is -1.17. The largest absolute Gasteiger partial charge is 0.365 e. The van der Waals surface area contributed by atoms with Crippen LogP contribution in [0.3, 0.4) is 0 Å². The Morgan fingerprint density at radius 1 is 1.24 bits per heavy atom. The van der Waals surface area contributed by atoms with E-state index in [9.17, 15) is 10.3 Å². The van der Waals surface area contributed by atoms with Crippen LogP contribution in [-0.4, -0.2) is 34.1 Å². The van der Waals surface area contributed by atoms with Crippen LogP contribution in [0.5, 0.6) is 0 Å². The summed E-state index contributed by atoms with van der Waals surface area (Å²) < 4.78 is 5.21. The Kier molecular flexibility index (Phi) is 6.26. The van der Waals surface area contributed by atoms with Crippen LogP contribution in [0.25, 0.3) is 0 Å². The Bertz CT molecular complexity index is 253. The third kappa shape index (κ3) is 3.28. The van der Waals surface area contributed by atoms with Gasteiger partial charge in [-0.05, 0) is 26.7 Å². The number of nitrogens with zero attached hydrogens (tertiary/aromatic N) is 1. The topological polar surface area (TPSA) is 52.6 Å². The maximum absolute atomic E-state index is 12.4. The van der Waals surface area contributed by atoms with Gasteiger partial charge in [-0.2, -0.15) is 0 Å². The molecule has 1 aliphatic heterocycles. The van der Waals surface area contributed by atoms with Crippen molar-refractivity contribution in [2.24, 2.45) is 0 Å². The van der Waals surface area contributed by atoms with Gasteiger partial charge in [-0.15, -0.1) is 10.3 Å². The predicted octanol–water partition coefficient (Wildman–Crippen LogP) is 2.10. The summed E-state index contributed by atoms with van der Waals surface area (Å²) in [4.78, 5) is 0. The van der Waals surface area contributed by atoms with E-state index >= 15 is 0 Å². The normalized spacial score (nSPS) is 31.9. The van der Waals surface area contributed by atoms with E-state index in [1.54, 1.807) is 0 Å². The zero-order valence-electron chi connectivity index (χ0n) is 11.6. The molecule has 0 amide bonds. The molecule has 2 radical (unpaired) electrons. The van der Waals surface area contributed by atoms with Crippen molar-refractivity contribution in [1.29, 1.82) is 0 Å². The van der Waals surface area contributed by atoms with Crippen LogP contribution >= 0.6 is 0 Å². The van der Waals surface area contributed by atoms with E-state index in [2.05, 4.69) is 0 Å². The third-order valence-corrected chi connectivity index (χ3v) is 3.99. The average Bonchev–Trinajstić information content (AvgIpc) is 2.23. The Balaban J connectivity index is 0.00000256. The molecule has 1 heterocycles. The quantitative estimate of drug-likeness (QED) is 0.811. The number of hydrogen-bond acceptors (Lipinski definition) is 3. The number of rotatable bonds is 3. The standard InChI is InChI=1S/C12H24NO3.Y/c1-6-11(7-2)9-12(14,16-5)8-10(3,4)13(11)15;/h14H,6-9H2,1-5H3;. The van der Waals surface area contributed by atoms with E-state index in [0.29, 0.717) is 12.8 Å². The maximum atomic E-state index is 12.4. The number of hydroxylamine groups is 2. The van der Waals surface area contributed by atoms with Crippen molar-refractivity contribution in [3.8, 4) is 0 Å². The number of hydrogen-bond donors (Lipinski definition) is 1. The van der Waals surface area contributed by atoms with Crippen LogP contribution in [0.15, 0.2) is 0 Å². The minimum atomic E-state index is -1.17. The molecule has 1 rings (SSSR count). The van der Waals surface area contributed by atoms with E-state index in [1.165, 1.54) is 12.2 Å². The van der Waals surface area contributed by atoms with Gasteiger partial charge in [-0.3, -0.25) is 0 Å². The SMILES string of the molecule is CCC1(CC)CC(O)(OC)CC(C)(C)N1[O].[Y]. The van der Waals surface area contributed by atoms with Crippen LogP contribution in [0.4, 0.5) is 0 Å². The first-order valence-electron chi connectivity index (χ1n) is 6.00. The molecule has 0 aromatic carbocycles. The van der Waals surface area contributed by atoms with Gasteiger partial charge in [0.05, 0.1) is 5.54 Å². The molecule has 1 atom stereocenters. The summed E-state index contributed by atoms with van der Waals surface area (Å²) in [5, 5.41) is 23.9. The second-order valence-corrected chi connectivity index (χ2v) is 5.54. The van der Waals surface area contributed by atoms with Crippen LogP contribution in [0, 0.1) is 0 Å². The second kappa shape index (κ2) is 5.93. The fraction of sp³-hybridized carbons (Fsp3) is 1.00. The molecule has 1 N–H and O–H groups in total. The van der Waals surface area contributed by atoms with Gasteiger partial charge in [0.2, 0.25) is 0 Å². The minimum Gasteiger partial charge on any atom is -0.365 e. The van der Waals surface area contributed by atoms with E-state index in [1.807, 2.05) is 27.7 Å². The molecule has 17 heavy (non-hydrogen) atoms. The van der Waals surface area contributed by atoms with Crippen molar-refractivity contribution in [3.63, 3.8) is 0 Å². The van der Waals surface area contributed by atoms with Gasteiger partial charge in [0, 0.05) is 58.2 Å². The monoisotopic (exact) mass is 319 g/mol. The number of methoxy groups -OCH3 is 1. The van der Waals surface area contributed by atoms with Crippen molar-refractivity contribution in [3.05, 3.63) is 0 Å². The number of aliphatic hydroxyl groups is 1. The molecule has 0 aromatic heterocycles. The number of piperidine rings is 1. The maximum Gasteiger partial charge on any atom is 0.168 e. The summed E-state index contributed by atoms with van der Waals surface area (Å²) >= 11 is 0. The molecule has 1 saturated heterocycles. The first-order valence-corrected chi connectivity index (χ1v) is 6.00. The smallest absolute Gasteiger partial charge is 0.168 e. The summed E-state index contributed by atoms with van der Waals surface area (Å²) in [6.07, 6.45) is 2.18. The van der Waals surface area contributed by atoms with Gasteiger partial charge in [-0.25, -0.2) is 0 Å². The van der Waals surface area contributed by atoms with Crippen LogP contribution in [0.2, 0.25) is 0 Å². The summed E-state index contributed by atoms with van der Waals surface area (Å²) in [5.41, 5.74) is -1.10. The van der Waals surface area contributed by atoms with Gasteiger partial charge in [0.1, 0.15) is 0 Å². The van der Waals surface area contributed by atoms with Crippen molar-refractivity contribution in [1.82, 2.24) is 5.06 Å². The van der Waals surface area contributed by atoms with Gasteiger partial charge in [0.25, 0.3) is 0 Å². The first-order chi connectivity index (χ1) is 7.25. The van der Waals surface area contributed by atoms with E-state index in [0.717, 1.165) is 12.8 Å². The summed E-state index contributed by atoms with van der Waals surface area (Å²) in [7, 11) is 1.51. The zero-order valence-corrected chi connectivity index (χ0v) is 14.5. The summed E-state index contributed by atoms with van der Waals surface area (Å²) in [6, 6.07) is 0. The minimum absolute atomic E-state index is 0. The fourth-order valence-corrected chi connectivity index (χ4v) is 2.97. The predicted molar refractivity (Wildman–Crippen MR) is 61.1 cm³/mol. The molecule has 0 saturated carbocycles. The van der Waals surface area contributed by atoms with Gasteiger partial charge in [0.15, 0.2) is 5.79 Å². The molecular formula is C12H24NO3Y. The van der Waals surface area contributed by atoms with Crippen molar-refractivity contribution in [2.45, 2.75) is 70.2 Å². The van der Waals surface area contributed by atoms with Crippen molar-refractivity contribution in [2.75, 3.05) is 7.11 Å². The Morgan fingerprint density at radius 2 is 1.71 bits per heavy atom. The molecule has 1 unspecified atom stereocenters. The summed E-state index contributed by atoms with van der Waals surface area (Å²) in [6.45, 7) is 7.71. The van der Waals surface area contributed by atoms with Crippen molar-refractivity contribution >= 4 is 0 Å².